The van der Waals surface area contributed by atoms with Gasteiger partial charge in [0.15, 0.2) is 0 Å². The van der Waals surface area contributed by atoms with Gasteiger partial charge in [0.05, 0.1) is 0 Å². The maximum Gasteiger partial charge on any atom is 0.00674 e. The van der Waals surface area contributed by atoms with Gasteiger partial charge in [-0.3, -0.25) is 0 Å². The van der Waals surface area contributed by atoms with Gasteiger partial charge in [0.1, 0.15) is 0 Å². The zero-order valence-corrected chi connectivity index (χ0v) is 5.94. The molecule has 1 rings (SSSR count). The molecule has 0 saturated carbocycles. The minimum Gasteiger partial charge on any atom is -0.314 e. The molecule has 8 heavy (non-hydrogen) atoms. The van der Waals surface area contributed by atoms with E-state index in [2.05, 4.69) is 26.1 Å². The van der Waals surface area contributed by atoms with Gasteiger partial charge >= 0.3 is 0 Å². The van der Waals surface area contributed by atoms with Crippen LogP contribution >= 0.6 is 0 Å². The maximum absolute atomic E-state index is 3.42. The van der Waals surface area contributed by atoms with Gasteiger partial charge in [-0.1, -0.05) is 13.8 Å². The van der Waals surface area contributed by atoms with Crippen LogP contribution in [0.15, 0.2) is 0 Å². The van der Waals surface area contributed by atoms with Crippen molar-refractivity contribution in [2.45, 2.75) is 26.8 Å². The molecular formula is C7H15N. The largest absolute Gasteiger partial charge is 0.314 e. The lowest BCUT2D eigenvalue weighted by molar-refractivity contribution is 0.436. The Balaban J connectivity index is 2.44. The second-order valence-corrected chi connectivity index (χ2v) is 3.03. The molecule has 0 unspecified atom stereocenters. The van der Waals surface area contributed by atoms with Gasteiger partial charge in [0.2, 0.25) is 0 Å². The highest BCUT2D eigenvalue weighted by molar-refractivity contribution is 4.81. The van der Waals surface area contributed by atoms with Crippen LogP contribution in [0.4, 0.5) is 0 Å². The number of hydrogen-bond donors (Lipinski definition) is 1. The summed E-state index contributed by atoms with van der Waals surface area (Å²) in [5.74, 6) is 1.75. The van der Waals surface area contributed by atoms with E-state index in [1.807, 2.05) is 0 Å². The first-order valence-electron chi connectivity index (χ1n) is 3.45. The zero-order chi connectivity index (χ0) is 6.15. The molecule has 1 aliphatic heterocycles. The van der Waals surface area contributed by atoms with Crippen LogP contribution < -0.4 is 5.32 Å². The van der Waals surface area contributed by atoms with E-state index in [0.29, 0.717) is 0 Å². The Bertz CT molecular complexity index is 70.5. The van der Waals surface area contributed by atoms with Crippen molar-refractivity contribution in [3.05, 3.63) is 0 Å². The maximum atomic E-state index is 3.42. The molecule has 1 N–H and O–H groups in total. The smallest absolute Gasteiger partial charge is 0.00674 e. The van der Waals surface area contributed by atoms with Crippen LogP contribution in [-0.2, 0) is 0 Å². The third-order valence-corrected chi connectivity index (χ3v) is 2.45. The fourth-order valence-electron chi connectivity index (χ4n) is 1.24. The lowest BCUT2D eigenvalue weighted by Gasteiger charge is -2.10. The van der Waals surface area contributed by atoms with Crippen LogP contribution in [0.25, 0.3) is 0 Å². The highest BCUT2D eigenvalue weighted by Crippen LogP contribution is 2.19. The van der Waals surface area contributed by atoms with Crippen molar-refractivity contribution < 1.29 is 0 Å². The van der Waals surface area contributed by atoms with Crippen molar-refractivity contribution in [3.63, 3.8) is 0 Å². The van der Waals surface area contributed by atoms with Gasteiger partial charge in [-0.05, 0) is 25.3 Å². The molecule has 0 bridgehead atoms. The first-order valence-corrected chi connectivity index (χ1v) is 3.45. The third kappa shape index (κ3) is 0.873. The molecule has 0 radical (unpaired) electrons. The fraction of sp³-hybridized carbons (Fsp3) is 1.00. The molecule has 0 amide bonds. The molecule has 0 spiro atoms. The quantitative estimate of drug-likeness (QED) is 0.498. The Morgan fingerprint density at radius 3 is 2.00 bits per heavy atom. The van der Waals surface area contributed by atoms with Gasteiger partial charge in [0, 0.05) is 6.04 Å². The molecule has 0 aromatic rings. The summed E-state index contributed by atoms with van der Waals surface area (Å²) in [4.78, 5) is 0. The van der Waals surface area contributed by atoms with Crippen molar-refractivity contribution >= 4 is 0 Å². The predicted molar refractivity (Wildman–Crippen MR) is 35.8 cm³/mol. The van der Waals surface area contributed by atoms with E-state index in [1.165, 1.54) is 6.54 Å². The molecule has 1 heteroatoms. The van der Waals surface area contributed by atoms with Crippen LogP contribution in [0.2, 0.25) is 0 Å². The highest BCUT2D eigenvalue weighted by atomic mass is 14.9. The van der Waals surface area contributed by atoms with Crippen LogP contribution in [0.5, 0.6) is 0 Å². The van der Waals surface area contributed by atoms with E-state index in [-0.39, 0.29) is 0 Å². The van der Waals surface area contributed by atoms with E-state index in [4.69, 9.17) is 0 Å². The van der Waals surface area contributed by atoms with Crippen molar-refractivity contribution in [1.82, 2.24) is 5.32 Å². The minimum absolute atomic E-state index is 0.741. The monoisotopic (exact) mass is 113 g/mol. The SMILES string of the molecule is C[C@@H]1[C@H](C)CN[C@@H]1C. The molecule has 1 aliphatic rings. The Hall–Kier alpha value is -0.0400. The summed E-state index contributed by atoms with van der Waals surface area (Å²) in [6.45, 7) is 8.09. The Morgan fingerprint density at radius 2 is 1.88 bits per heavy atom. The van der Waals surface area contributed by atoms with Gasteiger partial charge in [-0.25, -0.2) is 0 Å². The van der Waals surface area contributed by atoms with Crippen molar-refractivity contribution in [2.24, 2.45) is 11.8 Å². The molecule has 1 nitrogen and oxygen atoms in total. The van der Waals surface area contributed by atoms with Crippen LogP contribution in [-0.4, -0.2) is 12.6 Å². The van der Waals surface area contributed by atoms with Gasteiger partial charge in [-0.15, -0.1) is 0 Å². The average Bonchev–Trinajstić information content (AvgIpc) is 1.98. The molecule has 48 valence electrons. The standard InChI is InChI=1S/C7H15N/c1-5-4-8-7(3)6(5)2/h5-8H,4H2,1-3H3/t5-,6-,7-/m1/s1. The molecule has 1 heterocycles. The molecule has 0 aliphatic carbocycles. The molecule has 0 aromatic carbocycles. The van der Waals surface area contributed by atoms with Gasteiger partial charge in [-0.2, -0.15) is 0 Å². The third-order valence-electron chi connectivity index (χ3n) is 2.45. The number of nitrogens with one attached hydrogen (secondary N) is 1. The molecule has 0 aromatic heterocycles. The van der Waals surface area contributed by atoms with Crippen molar-refractivity contribution in [2.75, 3.05) is 6.54 Å². The van der Waals surface area contributed by atoms with Crippen molar-refractivity contribution in [1.29, 1.82) is 0 Å². The minimum atomic E-state index is 0.741. The van der Waals surface area contributed by atoms with Gasteiger partial charge in [0.25, 0.3) is 0 Å². The lowest BCUT2D eigenvalue weighted by Crippen LogP contribution is -2.20. The summed E-state index contributed by atoms with van der Waals surface area (Å²) in [6.07, 6.45) is 0. The zero-order valence-electron chi connectivity index (χ0n) is 5.94. The lowest BCUT2D eigenvalue weighted by atomic mass is 9.95. The highest BCUT2D eigenvalue weighted by Gasteiger charge is 2.24. The van der Waals surface area contributed by atoms with E-state index in [9.17, 15) is 0 Å². The number of hydrogen-bond acceptors (Lipinski definition) is 1. The van der Waals surface area contributed by atoms with E-state index < -0.39 is 0 Å². The Morgan fingerprint density at radius 1 is 1.25 bits per heavy atom. The molecular weight excluding hydrogens is 98.1 g/mol. The number of rotatable bonds is 0. The average molecular weight is 113 g/mol. The summed E-state index contributed by atoms with van der Waals surface area (Å²) in [5.41, 5.74) is 0. The summed E-state index contributed by atoms with van der Waals surface area (Å²) in [5, 5.41) is 3.42. The normalized spacial score (nSPS) is 47.6. The fourth-order valence-corrected chi connectivity index (χ4v) is 1.24. The van der Waals surface area contributed by atoms with E-state index in [1.54, 1.807) is 0 Å². The Kier molecular flexibility index (Phi) is 1.57. The Labute approximate surface area is 51.5 Å². The van der Waals surface area contributed by atoms with E-state index >= 15 is 0 Å². The summed E-state index contributed by atoms with van der Waals surface area (Å²) in [7, 11) is 0. The first kappa shape index (κ1) is 6.09. The van der Waals surface area contributed by atoms with Gasteiger partial charge < -0.3 is 5.32 Å². The molecule has 3 atom stereocenters. The van der Waals surface area contributed by atoms with E-state index in [0.717, 1.165) is 17.9 Å². The van der Waals surface area contributed by atoms with Crippen LogP contribution in [0.1, 0.15) is 20.8 Å². The molecule has 1 fully saturated rings. The second-order valence-electron chi connectivity index (χ2n) is 3.03. The topological polar surface area (TPSA) is 12.0 Å². The van der Waals surface area contributed by atoms with Crippen LogP contribution in [0.3, 0.4) is 0 Å². The summed E-state index contributed by atoms with van der Waals surface area (Å²) in [6, 6.07) is 0.741. The summed E-state index contributed by atoms with van der Waals surface area (Å²) >= 11 is 0. The first-order chi connectivity index (χ1) is 3.72. The van der Waals surface area contributed by atoms with Crippen LogP contribution in [0, 0.1) is 11.8 Å². The predicted octanol–water partition coefficient (Wildman–Crippen LogP) is 1.25. The summed E-state index contributed by atoms with van der Waals surface area (Å²) < 4.78 is 0. The second kappa shape index (κ2) is 2.06. The molecule has 1 saturated heterocycles. The van der Waals surface area contributed by atoms with Crippen molar-refractivity contribution in [3.8, 4) is 0 Å².